The Morgan fingerprint density at radius 1 is 1.30 bits per heavy atom. The van der Waals surface area contributed by atoms with E-state index in [0.717, 1.165) is 34.7 Å². The molecule has 3 saturated heterocycles. The Balaban J connectivity index is 1.56. The fourth-order valence-electron chi connectivity index (χ4n) is 4.09. The summed E-state index contributed by atoms with van der Waals surface area (Å²) in [5, 5.41) is 2.71. The van der Waals surface area contributed by atoms with Crippen LogP contribution in [0.25, 0.3) is 0 Å². The monoisotopic (exact) mass is 334 g/mol. The van der Waals surface area contributed by atoms with Crippen molar-refractivity contribution in [1.82, 2.24) is 10.4 Å². The number of carbonyl (C=O) groups excluding carboxylic acids is 3. The van der Waals surface area contributed by atoms with E-state index in [1.165, 1.54) is 11.3 Å². The number of rotatable bonds is 3. The molecule has 122 valence electrons. The van der Waals surface area contributed by atoms with Crippen molar-refractivity contribution < 1.29 is 19.1 Å². The normalized spacial score (nSPS) is 31.8. The third kappa shape index (κ3) is 1.99. The molecular weight excluding hydrogens is 316 g/mol. The van der Waals surface area contributed by atoms with Crippen LogP contribution in [0.15, 0.2) is 5.38 Å². The van der Waals surface area contributed by atoms with Crippen molar-refractivity contribution in [3.05, 3.63) is 21.4 Å². The summed E-state index contributed by atoms with van der Waals surface area (Å²) in [4.78, 5) is 38.6. The summed E-state index contributed by atoms with van der Waals surface area (Å²) >= 11 is 1.50. The van der Waals surface area contributed by atoms with Gasteiger partial charge < -0.3 is 4.74 Å². The number of hydrogen-bond donors (Lipinski definition) is 1. The Kier molecular flexibility index (Phi) is 3.32. The van der Waals surface area contributed by atoms with Crippen LogP contribution in [-0.2, 0) is 20.7 Å². The summed E-state index contributed by atoms with van der Waals surface area (Å²) in [5.74, 6) is -1.88. The molecule has 0 saturated carbocycles. The third-order valence-electron chi connectivity index (χ3n) is 5.20. The summed E-state index contributed by atoms with van der Waals surface area (Å²) in [6.45, 7) is 3.95. The van der Waals surface area contributed by atoms with Gasteiger partial charge in [-0.1, -0.05) is 6.92 Å². The molecule has 4 heterocycles. The standard InChI is InChI=1S/C16H18N2O4S/c1-3-8-7(2)23-6-9(8)14(19)17-18-15(20)12-10-4-5-11(22-10)13(12)16(18)21/h6,10-13H,3-5H2,1-2H3,(H,17,19)/t10-,11+,12+,13-. The molecule has 3 fully saturated rings. The van der Waals surface area contributed by atoms with Crippen molar-refractivity contribution in [2.24, 2.45) is 11.8 Å². The molecule has 7 heteroatoms. The van der Waals surface area contributed by atoms with Crippen LogP contribution in [0.1, 0.15) is 40.6 Å². The van der Waals surface area contributed by atoms with Gasteiger partial charge in [-0.15, -0.1) is 11.3 Å². The number of carbonyl (C=O) groups is 3. The van der Waals surface area contributed by atoms with Crippen LogP contribution in [0.2, 0.25) is 0 Å². The highest BCUT2D eigenvalue weighted by Crippen LogP contribution is 2.48. The zero-order valence-corrected chi connectivity index (χ0v) is 13.8. The first-order valence-electron chi connectivity index (χ1n) is 7.94. The molecule has 2 bridgehead atoms. The lowest BCUT2D eigenvalue weighted by molar-refractivity contribution is -0.145. The van der Waals surface area contributed by atoms with Gasteiger partial charge in [0.05, 0.1) is 29.6 Å². The van der Waals surface area contributed by atoms with Crippen molar-refractivity contribution in [3.8, 4) is 0 Å². The molecule has 23 heavy (non-hydrogen) atoms. The first-order chi connectivity index (χ1) is 11.0. The van der Waals surface area contributed by atoms with Crippen LogP contribution in [0.4, 0.5) is 0 Å². The van der Waals surface area contributed by atoms with Crippen LogP contribution in [0.5, 0.6) is 0 Å². The predicted octanol–water partition coefficient (Wildman–Crippen LogP) is 1.43. The van der Waals surface area contributed by atoms with Crippen molar-refractivity contribution >= 4 is 29.1 Å². The first-order valence-corrected chi connectivity index (χ1v) is 8.82. The summed E-state index contributed by atoms with van der Waals surface area (Å²) in [6.07, 6.45) is 2.03. The van der Waals surface area contributed by atoms with E-state index >= 15 is 0 Å². The molecule has 1 aromatic heterocycles. The number of thiophene rings is 1. The molecular formula is C16H18N2O4S. The lowest BCUT2D eigenvalue weighted by Gasteiger charge is -2.18. The highest BCUT2D eigenvalue weighted by molar-refractivity contribution is 7.10. The van der Waals surface area contributed by atoms with E-state index in [2.05, 4.69) is 5.43 Å². The Bertz CT molecular complexity index is 685. The molecule has 3 aliphatic rings. The highest BCUT2D eigenvalue weighted by atomic mass is 32.1. The molecule has 6 nitrogen and oxygen atoms in total. The molecule has 4 atom stereocenters. The summed E-state index contributed by atoms with van der Waals surface area (Å²) in [7, 11) is 0. The highest BCUT2D eigenvalue weighted by Gasteiger charge is 2.62. The molecule has 3 aliphatic heterocycles. The molecule has 0 aliphatic carbocycles. The molecule has 1 aromatic rings. The second-order valence-corrected chi connectivity index (χ2v) is 7.42. The van der Waals surface area contributed by atoms with E-state index in [9.17, 15) is 14.4 Å². The number of nitrogens with zero attached hydrogens (tertiary/aromatic N) is 1. The van der Waals surface area contributed by atoms with Crippen molar-refractivity contribution in [2.75, 3.05) is 0 Å². The van der Waals surface area contributed by atoms with Crippen LogP contribution < -0.4 is 5.43 Å². The number of hydrogen-bond acceptors (Lipinski definition) is 5. The van der Waals surface area contributed by atoms with Gasteiger partial charge in [-0.3, -0.25) is 19.8 Å². The number of fused-ring (bicyclic) bond motifs is 5. The minimum atomic E-state index is -0.420. The maximum atomic E-state index is 12.5. The van der Waals surface area contributed by atoms with Gasteiger partial charge in [-0.05, 0) is 31.7 Å². The average molecular weight is 334 g/mol. The fraction of sp³-hybridized carbons (Fsp3) is 0.562. The third-order valence-corrected chi connectivity index (χ3v) is 6.15. The van der Waals surface area contributed by atoms with Gasteiger partial charge in [0, 0.05) is 10.3 Å². The number of aryl methyl sites for hydroxylation is 1. The van der Waals surface area contributed by atoms with Crippen LogP contribution in [-0.4, -0.2) is 34.9 Å². The number of ether oxygens (including phenoxy) is 1. The lowest BCUT2D eigenvalue weighted by Crippen LogP contribution is -2.48. The fourth-order valence-corrected chi connectivity index (χ4v) is 5.03. The van der Waals surface area contributed by atoms with E-state index in [1.807, 2.05) is 13.8 Å². The molecule has 1 N–H and O–H groups in total. The second-order valence-electron chi connectivity index (χ2n) is 6.33. The van der Waals surface area contributed by atoms with Gasteiger partial charge in [0.25, 0.3) is 17.7 Å². The number of imide groups is 1. The van der Waals surface area contributed by atoms with Gasteiger partial charge in [-0.25, -0.2) is 0 Å². The summed E-state index contributed by atoms with van der Waals surface area (Å²) in [6, 6.07) is 0. The van der Waals surface area contributed by atoms with Crippen molar-refractivity contribution in [3.63, 3.8) is 0 Å². The van der Waals surface area contributed by atoms with Crippen LogP contribution in [0.3, 0.4) is 0 Å². The lowest BCUT2D eigenvalue weighted by atomic mass is 9.81. The summed E-state index contributed by atoms with van der Waals surface area (Å²) < 4.78 is 5.68. The van der Waals surface area contributed by atoms with Gasteiger partial charge in [0.2, 0.25) is 0 Å². The Labute approximate surface area is 137 Å². The van der Waals surface area contributed by atoms with Crippen LogP contribution >= 0.6 is 11.3 Å². The van der Waals surface area contributed by atoms with E-state index in [1.54, 1.807) is 5.38 Å². The number of nitrogens with one attached hydrogen (secondary N) is 1. The summed E-state index contributed by atoms with van der Waals surface area (Å²) in [5.41, 5.74) is 4.04. The molecule has 0 unspecified atom stereocenters. The quantitative estimate of drug-likeness (QED) is 0.849. The minimum Gasteiger partial charge on any atom is -0.373 e. The molecule has 3 amide bonds. The van der Waals surface area contributed by atoms with E-state index < -0.39 is 11.8 Å². The topological polar surface area (TPSA) is 75.7 Å². The van der Waals surface area contributed by atoms with Crippen molar-refractivity contribution in [2.45, 2.75) is 45.3 Å². The number of amides is 3. The van der Waals surface area contributed by atoms with Gasteiger partial charge in [-0.2, -0.15) is 5.01 Å². The maximum absolute atomic E-state index is 12.5. The van der Waals surface area contributed by atoms with E-state index in [0.29, 0.717) is 5.56 Å². The zero-order chi connectivity index (χ0) is 16.3. The second kappa shape index (κ2) is 5.14. The molecule has 0 radical (unpaired) electrons. The minimum absolute atomic E-state index is 0.169. The Morgan fingerprint density at radius 3 is 2.48 bits per heavy atom. The first kappa shape index (κ1) is 14.8. The largest absolute Gasteiger partial charge is 0.373 e. The maximum Gasteiger partial charge on any atom is 0.271 e. The van der Waals surface area contributed by atoms with E-state index in [4.69, 9.17) is 4.74 Å². The Hall–Kier alpha value is -1.73. The zero-order valence-electron chi connectivity index (χ0n) is 13.0. The van der Waals surface area contributed by atoms with Gasteiger partial charge in [0.1, 0.15) is 0 Å². The Morgan fingerprint density at radius 2 is 1.91 bits per heavy atom. The van der Waals surface area contributed by atoms with Crippen LogP contribution in [0, 0.1) is 18.8 Å². The smallest absolute Gasteiger partial charge is 0.271 e. The predicted molar refractivity (Wildman–Crippen MR) is 82.6 cm³/mol. The molecule has 4 rings (SSSR count). The molecule has 0 aromatic carbocycles. The van der Waals surface area contributed by atoms with Gasteiger partial charge >= 0.3 is 0 Å². The SMILES string of the molecule is CCc1c(C(=O)NN2C(=O)[C@@H]3[C@H](C2=O)[C@@H]2CC[C@H]3O2)csc1C. The molecule has 0 spiro atoms. The van der Waals surface area contributed by atoms with Crippen molar-refractivity contribution in [1.29, 1.82) is 0 Å². The number of hydrazine groups is 1. The average Bonchev–Trinajstić information content (AvgIpc) is 3.27. The van der Waals surface area contributed by atoms with Gasteiger partial charge in [0.15, 0.2) is 0 Å². The van der Waals surface area contributed by atoms with E-state index in [-0.39, 0.29) is 29.9 Å².